The highest BCUT2D eigenvalue weighted by molar-refractivity contribution is 6.09. The van der Waals surface area contributed by atoms with Gasteiger partial charge in [0.15, 0.2) is 5.78 Å². The van der Waals surface area contributed by atoms with Gasteiger partial charge in [-0.3, -0.25) is 14.9 Å². The zero-order valence-corrected chi connectivity index (χ0v) is 20.2. The molecule has 5 rings (SSSR count). The van der Waals surface area contributed by atoms with E-state index in [1.165, 1.54) is 0 Å². The highest BCUT2D eigenvalue weighted by Gasteiger charge is 2.47. The number of allylic oxidation sites excluding steroid dienone is 3. The first-order valence-corrected chi connectivity index (χ1v) is 12.0. The fourth-order valence-corrected chi connectivity index (χ4v) is 4.34. The van der Waals surface area contributed by atoms with E-state index in [1.807, 2.05) is 30.4 Å². The number of ether oxygens (including phenoxy) is 3. The summed E-state index contributed by atoms with van der Waals surface area (Å²) in [5.41, 5.74) is 1.27. The van der Waals surface area contributed by atoms with Gasteiger partial charge in [0.05, 0.1) is 7.11 Å². The van der Waals surface area contributed by atoms with Crippen molar-refractivity contribution in [1.29, 1.82) is 0 Å². The van der Waals surface area contributed by atoms with Crippen molar-refractivity contribution in [1.82, 2.24) is 5.32 Å². The van der Waals surface area contributed by atoms with Gasteiger partial charge in [0.2, 0.25) is 5.60 Å². The highest BCUT2D eigenvalue weighted by atomic mass is 16.6. The lowest BCUT2D eigenvalue weighted by Gasteiger charge is -2.21. The largest absolute Gasteiger partial charge is 0.497 e. The third-order valence-electron chi connectivity index (χ3n) is 6.66. The van der Waals surface area contributed by atoms with Gasteiger partial charge in [0.25, 0.3) is 5.91 Å². The van der Waals surface area contributed by atoms with Crippen molar-refractivity contribution in [2.75, 3.05) is 7.11 Å². The average Bonchev–Trinajstić information content (AvgIpc) is 3.68. The summed E-state index contributed by atoms with van der Waals surface area (Å²) in [5, 5.41) is 2.19. The Morgan fingerprint density at radius 3 is 2.53 bits per heavy atom. The van der Waals surface area contributed by atoms with Gasteiger partial charge in [-0.2, -0.15) is 0 Å². The van der Waals surface area contributed by atoms with Crippen molar-refractivity contribution in [3.05, 3.63) is 94.8 Å². The quantitative estimate of drug-likeness (QED) is 0.526. The predicted molar refractivity (Wildman–Crippen MR) is 133 cm³/mol. The van der Waals surface area contributed by atoms with E-state index in [0.717, 1.165) is 24.8 Å². The number of amides is 2. The van der Waals surface area contributed by atoms with Gasteiger partial charge in [-0.25, -0.2) is 4.79 Å². The minimum absolute atomic E-state index is 0.0676. The molecule has 2 amide bonds. The zero-order chi connectivity index (χ0) is 25.3. The lowest BCUT2D eigenvalue weighted by atomic mass is 9.94. The molecular formula is C29H27NO6. The minimum atomic E-state index is -1.41. The lowest BCUT2D eigenvalue weighted by Crippen LogP contribution is -2.37. The highest BCUT2D eigenvalue weighted by Crippen LogP contribution is 2.37. The van der Waals surface area contributed by atoms with Gasteiger partial charge >= 0.3 is 6.09 Å². The molecule has 7 heteroatoms. The maximum atomic E-state index is 13.1. The number of hydrogen-bond acceptors (Lipinski definition) is 6. The van der Waals surface area contributed by atoms with E-state index in [4.69, 9.17) is 14.2 Å². The van der Waals surface area contributed by atoms with Crippen LogP contribution in [0.15, 0.2) is 78.1 Å². The third kappa shape index (κ3) is 4.82. The van der Waals surface area contributed by atoms with Crippen molar-refractivity contribution in [2.45, 2.75) is 38.2 Å². The fourth-order valence-electron chi connectivity index (χ4n) is 4.34. The number of carbonyl (C=O) groups is 3. The summed E-state index contributed by atoms with van der Waals surface area (Å²) in [6.07, 6.45) is 10.2. The zero-order valence-electron chi connectivity index (χ0n) is 20.2. The van der Waals surface area contributed by atoms with Crippen LogP contribution in [0.1, 0.15) is 47.7 Å². The molecule has 1 saturated carbocycles. The maximum absolute atomic E-state index is 13.1. The van der Waals surface area contributed by atoms with E-state index in [0.29, 0.717) is 46.3 Å². The number of imide groups is 1. The van der Waals surface area contributed by atoms with Crippen LogP contribution in [-0.4, -0.2) is 30.5 Å². The van der Waals surface area contributed by atoms with Crippen LogP contribution in [0.5, 0.6) is 11.5 Å². The van der Waals surface area contributed by atoms with E-state index < -0.39 is 17.6 Å². The summed E-state index contributed by atoms with van der Waals surface area (Å²) >= 11 is 0. The second kappa shape index (κ2) is 9.49. The molecule has 1 saturated heterocycles. The molecule has 0 radical (unpaired) electrons. The van der Waals surface area contributed by atoms with E-state index in [-0.39, 0.29) is 5.78 Å². The van der Waals surface area contributed by atoms with E-state index in [9.17, 15) is 14.4 Å². The summed E-state index contributed by atoms with van der Waals surface area (Å²) in [5.74, 6) is 1.87. The Bertz CT molecular complexity index is 1320. The first-order valence-electron chi connectivity index (χ1n) is 12.0. The van der Waals surface area contributed by atoms with Gasteiger partial charge in [0, 0.05) is 16.7 Å². The third-order valence-corrected chi connectivity index (χ3v) is 6.66. The Kier molecular flexibility index (Phi) is 6.22. The van der Waals surface area contributed by atoms with Crippen LogP contribution in [0, 0.1) is 5.92 Å². The first-order chi connectivity index (χ1) is 17.4. The van der Waals surface area contributed by atoms with E-state index >= 15 is 0 Å². The molecule has 2 aromatic rings. The van der Waals surface area contributed by atoms with Crippen molar-refractivity contribution in [3.8, 4) is 11.5 Å². The van der Waals surface area contributed by atoms with Gasteiger partial charge in [-0.05, 0) is 98.7 Å². The number of ketones is 1. The van der Waals surface area contributed by atoms with Crippen molar-refractivity contribution in [3.63, 3.8) is 0 Å². The van der Waals surface area contributed by atoms with Crippen LogP contribution in [0.3, 0.4) is 0 Å². The molecule has 2 aromatic carbocycles. The van der Waals surface area contributed by atoms with E-state index in [2.05, 4.69) is 5.32 Å². The summed E-state index contributed by atoms with van der Waals surface area (Å²) in [4.78, 5) is 37.2. The summed E-state index contributed by atoms with van der Waals surface area (Å²) in [6.45, 7) is 1.57. The summed E-state index contributed by atoms with van der Waals surface area (Å²) in [7, 11) is 1.59. The standard InChI is InChI=1S/C29H27NO6/c1-29(27(32)30-28(33)36-29)22-5-3-4-6-24(17-22)35-25-14-11-20(16-21(25)15-18-7-8-18)26(31)19-9-12-23(34-2)13-10-19/h4-6,9-14,16-18H,3,7-8,15H2,1-2H3,(H,30,32,33)/t29-/m1/s1. The first kappa shape index (κ1) is 23.6. The van der Waals surface area contributed by atoms with Gasteiger partial charge in [-0.1, -0.05) is 12.2 Å². The Balaban J connectivity index is 1.42. The number of cyclic esters (lactones) is 1. The molecule has 1 heterocycles. The molecule has 184 valence electrons. The van der Waals surface area contributed by atoms with Crippen molar-refractivity contribution >= 4 is 17.8 Å². The molecule has 0 bridgehead atoms. The fraction of sp³-hybridized carbons (Fsp3) is 0.276. The Morgan fingerprint density at radius 1 is 1.11 bits per heavy atom. The topological polar surface area (TPSA) is 90.9 Å². The van der Waals surface area contributed by atoms with Crippen LogP contribution in [0.2, 0.25) is 0 Å². The molecule has 0 unspecified atom stereocenters. The van der Waals surface area contributed by atoms with Gasteiger partial charge in [0.1, 0.15) is 17.3 Å². The Labute approximate surface area is 209 Å². The minimum Gasteiger partial charge on any atom is -0.497 e. The number of benzene rings is 2. The molecule has 0 aromatic heterocycles. The Morgan fingerprint density at radius 2 is 1.86 bits per heavy atom. The number of hydrogen-bond donors (Lipinski definition) is 1. The monoisotopic (exact) mass is 485 g/mol. The van der Waals surface area contributed by atoms with Crippen LogP contribution in [0.4, 0.5) is 4.79 Å². The number of rotatable bonds is 8. The summed E-state index contributed by atoms with van der Waals surface area (Å²) in [6, 6.07) is 12.6. The molecule has 0 spiro atoms. The van der Waals surface area contributed by atoms with Crippen LogP contribution >= 0.6 is 0 Å². The van der Waals surface area contributed by atoms with Crippen LogP contribution < -0.4 is 14.8 Å². The molecule has 2 aliphatic carbocycles. The Hall–Kier alpha value is -4.13. The predicted octanol–water partition coefficient (Wildman–Crippen LogP) is 5.05. The molecule has 1 atom stereocenters. The van der Waals surface area contributed by atoms with Crippen LogP contribution in [0.25, 0.3) is 0 Å². The number of carbonyl (C=O) groups excluding carboxylic acids is 3. The molecular weight excluding hydrogens is 458 g/mol. The maximum Gasteiger partial charge on any atom is 0.415 e. The normalized spacial score (nSPS) is 21.2. The molecule has 1 N–H and O–H groups in total. The number of nitrogens with one attached hydrogen (secondary N) is 1. The number of alkyl carbamates (subject to hydrolysis) is 1. The van der Waals surface area contributed by atoms with Crippen molar-refractivity contribution in [2.24, 2.45) is 5.92 Å². The van der Waals surface area contributed by atoms with Crippen molar-refractivity contribution < 1.29 is 28.6 Å². The number of methoxy groups -OCH3 is 1. The van der Waals surface area contributed by atoms with Crippen LogP contribution in [-0.2, 0) is 16.0 Å². The second-order valence-corrected chi connectivity index (χ2v) is 9.35. The smallest absolute Gasteiger partial charge is 0.415 e. The molecule has 36 heavy (non-hydrogen) atoms. The molecule has 2 fully saturated rings. The average molecular weight is 486 g/mol. The van der Waals surface area contributed by atoms with Gasteiger partial charge < -0.3 is 14.2 Å². The van der Waals surface area contributed by atoms with E-state index in [1.54, 1.807) is 50.4 Å². The lowest BCUT2D eigenvalue weighted by molar-refractivity contribution is -0.127. The summed E-state index contributed by atoms with van der Waals surface area (Å²) < 4.78 is 16.8. The molecule has 1 aliphatic heterocycles. The molecule has 7 nitrogen and oxygen atoms in total. The second-order valence-electron chi connectivity index (χ2n) is 9.35. The molecule has 3 aliphatic rings. The van der Waals surface area contributed by atoms with Gasteiger partial charge in [-0.15, -0.1) is 0 Å². The SMILES string of the molecule is COc1ccc(C(=O)c2ccc(OC3=CC([C@@]4(C)OC(=O)NC4=O)=CCC=C3)c(CC3CC3)c2)cc1.